The molecule has 0 atom stereocenters. The summed E-state index contributed by atoms with van der Waals surface area (Å²) in [5.41, 5.74) is 0. The van der Waals surface area contributed by atoms with E-state index in [1.54, 1.807) is 11.8 Å². The van der Waals surface area contributed by atoms with Gasteiger partial charge >= 0.3 is 0 Å². The van der Waals surface area contributed by atoms with Crippen molar-refractivity contribution in [2.75, 3.05) is 20.3 Å². The molecule has 0 unspecified atom stereocenters. The first-order chi connectivity index (χ1) is 7.61. The fourth-order valence-corrected chi connectivity index (χ4v) is 2.43. The minimum absolute atomic E-state index is 0.0176. The predicted octanol–water partition coefficient (Wildman–Crippen LogP) is 2.51. The summed E-state index contributed by atoms with van der Waals surface area (Å²) in [7, 11) is 1.96. The Labute approximate surface area is 101 Å². The van der Waals surface area contributed by atoms with Gasteiger partial charge in [0.1, 0.15) is 13.2 Å². The lowest BCUT2D eigenvalue weighted by molar-refractivity contribution is 0.171. The van der Waals surface area contributed by atoms with Gasteiger partial charge in [0, 0.05) is 4.90 Å². The van der Waals surface area contributed by atoms with Crippen molar-refractivity contribution in [2.24, 2.45) is 0 Å². The van der Waals surface area contributed by atoms with Crippen molar-refractivity contribution in [1.82, 2.24) is 5.32 Å². The molecule has 1 aromatic carbocycles. The van der Waals surface area contributed by atoms with E-state index in [1.165, 1.54) is 4.90 Å². The minimum Gasteiger partial charge on any atom is -0.486 e. The van der Waals surface area contributed by atoms with Crippen LogP contribution in [0.15, 0.2) is 23.1 Å². The molecule has 1 N–H and O–H groups in total. The Bertz CT molecular complexity index is 379. The maximum atomic E-state index is 5.55. The zero-order chi connectivity index (χ0) is 11.6. The van der Waals surface area contributed by atoms with Gasteiger partial charge in [0.25, 0.3) is 0 Å². The molecule has 88 valence electrons. The van der Waals surface area contributed by atoms with Crippen LogP contribution in [0.1, 0.15) is 13.8 Å². The summed E-state index contributed by atoms with van der Waals surface area (Å²) < 4.78 is 11.0. The Kier molecular flexibility index (Phi) is 3.30. The van der Waals surface area contributed by atoms with Crippen molar-refractivity contribution in [1.29, 1.82) is 0 Å². The molecule has 1 aliphatic rings. The van der Waals surface area contributed by atoms with Crippen LogP contribution in [0, 0.1) is 0 Å². The van der Waals surface area contributed by atoms with Crippen LogP contribution in [0.5, 0.6) is 11.5 Å². The molecule has 0 amide bonds. The normalized spacial score (nSPS) is 14.9. The van der Waals surface area contributed by atoms with Gasteiger partial charge in [-0.3, -0.25) is 0 Å². The number of rotatable bonds is 3. The van der Waals surface area contributed by atoms with E-state index >= 15 is 0 Å². The summed E-state index contributed by atoms with van der Waals surface area (Å²) in [4.78, 5) is 1.20. The topological polar surface area (TPSA) is 30.5 Å². The highest BCUT2D eigenvalue weighted by atomic mass is 32.2. The highest BCUT2D eigenvalue weighted by Crippen LogP contribution is 2.37. The van der Waals surface area contributed by atoms with Crippen molar-refractivity contribution >= 4 is 11.8 Å². The van der Waals surface area contributed by atoms with Crippen LogP contribution in [0.2, 0.25) is 0 Å². The Morgan fingerprint density at radius 3 is 2.56 bits per heavy atom. The Hall–Kier alpha value is -0.870. The second-order valence-electron chi connectivity index (χ2n) is 4.17. The second-order valence-corrected chi connectivity index (χ2v) is 5.86. The van der Waals surface area contributed by atoms with Gasteiger partial charge in [-0.15, -0.1) is 11.8 Å². The molecule has 4 heteroatoms. The molecule has 0 saturated carbocycles. The summed E-state index contributed by atoms with van der Waals surface area (Å²) >= 11 is 1.77. The lowest BCUT2D eigenvalue weighted by atomic mass is 10.3. The van der Waals surface area contributed by atoms with E-state index in [1.807, 2.05) is 19.2 Å². The van der Waals surface area contributed by atoms with Crippen LogP contribution in [0.25, 0.3) is 0 Å². The smallest absolute Gasteiger partial charge is 0.162 e. The molecular weight excluding hydrogens is 222 g/mol. The van der Waals surface area contributed by atoms with Gasteiger partial charge < -0.3 is 14.8 Å². The van der Waals surface area contributed by atoms with Crippen LogP contribution in [0.3, 0.4) is 0 Å². The van der Waals surface area contributed by atoms with Gasteiger partial charge in [-0.1, -0.05) is 0 Å². The highest BCUT2D eigenvalue weighted by Gasteiger charge is 2.18. The lowest BCUT2D eigenvalue weighted by Crippen LogP contribution is -2.31. The van der Waals surface area contributed by atoms with E-state index in [2.05, 4.69) is 25.2 Å². The predicted molar refractivity (Wildman–Crippen MR) is 66.4 cm³/mol. The monoisotopic (exact) mass is 239 g/mol. The number of hydrogen-bond acceptors (Lipinski definition) is 4. The molecule has 0 saturated heterocycles. The summed E-state index contributed by atoms with van der Waals surface area (Å²) in [6.07, 6.45) is 0. The van der Waals surface area contributed by atoms with Crippen molar-refractivity contribution in [3.63, 3.8) is 0 Å². The average molecular weight is 239 g/mol. The van der Waals surface area contributed by atoms with Crippen molar-refractivity contribution in [2.45, 2.75) is 23.6 Å². The number of thioether (sulfide) groups is 1. The lowest BCUT2D eigenvalue weighted by Gasteiger charge is -2.24. The zero-order valence-corrected chi connectivity index (χ0v) is 10.7. The molecule has 0 fully saturated rings. The van der Waals surface area contributed by atoms with E-state index in [-0.39, 0.29) is 4.87 Å². The van der Waals surface area contributed by atoms with Gasteiger partial charge in [-0.25, -0.2) is 0 Å². The summed E-state index contributed by atoms with van der Waals surface area (Å²) in [6, 6.07) is 6.08. The van der Waals surface area contributed by atoms with Crippen molar-refractivity contribution in [3.05, 3.63) is 18.2 Å². The number of hydrogen-bond donors (Lipinski definition) is 1. The Morgan fingerprint density at radius 2 is 1.88 bits per heavy atom. The molecule has 1 aromatic rings. The maximum Gasteiger partial charge on any atom is 0.162 e. The van der Waals surface area contributed by atoms with E-state index in [9.17, 15) is 0 Å². The van der Waals surface area contributed by atoms with Gasteiger partial charge in [-0.2, -0.15) is 0 Å². The van der Waals surface area contributed by atoms with Crippen LogP contribution >= 0.6 is 11.8 Å². The van der Waals surface area contributed by atoms with Gasteiger partial charge in [0.2, 0.25) is 0 Å². The Balaban J connectivity index is 2.17. The first-order valence-electron chi connectivity index (χ1n) is 5.38. The van der Waals surface area contributed by atoms with Crippen LogP contribution in [-0.4, -0.2) is 25.1 Å². The fraction of sp³-hybridized carbons (Fsp3) is 0.500. The van der Waals surface area contributed by atoms with Crippen LogP contribution in [0.4, 0.5) is 0 Å². The van der Waals surface area contributed by atoms with Gasteiger partial charge in [-0.05, 0) is 39.1 Å². The second kappa shape index (κ2) is 4.55. The van der Waals surface area contributed by atoms with E-state index in [4.69, 9.17) is 9.47 Å². The quantitative estimate of drug-likeness (QED) is 0.648. The standard InChI is InChI=1S/C12H17NO2S/c1-12(2,13-3)16-9-4-5-10-11(8-9)15-7-6-14-10/h4-5,8,13H,6-7H2,1-3H3. The SMILES string of the molecule is CNC(C)(C)Sc1ccc2c(c1)OCCO2. The molecule has 3 nitrogen and oxygen atoms in total. The molecule has 0 radical (unpaired) electrons. The molecule has 0 bridgehead atoms. The number of benzene rings is 1. The fourth-order valence-electron chi connectivity index (χ4n) is 1.43. The number of fused-ring (bicyclic) bond motifs is 1. The third-order valence-corrected chi connectivity index (χ3v) is 3.69. The van der Waals surface area contributed by atoms with Crippen LogP contribution < -0.4 is 14.8 Å². The largest absolute Gasteiger partial charge is 0.486 e. The van der Waals surface area contributed by atoms with Crippen molar-refractivity contribution < 1.29 is 9.47 Å². The van der Waals surface area contributed by atoms with Gasteiger partial charge in [0.05, 0.1) is 4.87 Å². The third kappa shape index (κ3) is 2.62. The first-order valence-corrected chi connectivity index (χ1v) is 6.20. The zero-order valence-electron chi connectivity index (χ0n) is 9.87. The van der Waals surface area contributed by atoms with E-state index in [0.29, 0.717) is 13.2 Å². The molecule has 0 aromatic heterocycles. The molecule has 16 heavy (non-hydrogen) atoms. The molecule has 1 heterocycles. The number of ether oxygens (including phenoxy) is 2. The molecule has 1 aliphatic heterocycles. The van der Waals surface area contributed by atoms with E-state index < -0.39 is 0 Å². The minimum atomic E-state index is 0.0176. The average Bonchev–Trinajstić information content (AvgIpc) is 2.28. The molecule has 2 rings (SSSR count). The summed E-state index contributed by atoms with van der Waals surface area (Å²) in [5.74, 6) is 1.70. The number of nitrogens with one attached hydrogen (secondary N) is 1. The van der Waals surface area contributed by atoms with Crippen LogP contribution in [-0.2, 0) is 0 Å². The van der Waals surface area contributed by atoms with E-state index in [0.717, 1.165) is 11.5 Å². The maximum absolute atomic E-state index is 5.55. The Morgan fingerprint density at radius 1 is 1.19 bits per heavy atom. The van der Waals surface area contributed by atoms with Gasteiger partial charge in [0.15, 0.2) is 11.5 Å². The third-order valence-electron chi connectivity index (χ3n) is 2.49. The first kappa shape index (κ1) is 11.6. The molecular formula is C12H17NO2S. The molecule has 0 spiro atoms. The highest BCUT2D eigenvalue weighted by molar-refractivity contribution is 8.00. The summed E-state index contributed by atoms with van der Waals surface area (Å²) in [5, 5.41) is 3.26. The van der Waals surface area contributed by atoms with Crippen molar-refractivity contribution in [3.8, 4) is 11.5 Å². The summed E-state index contributed by atoms with van der Waals surface area (Å²) in [6.45, 7) is 5.57. The molecule has 0 aliphatic carbocycles.